The largest absolute Gasteiger partial charge is 0.322 e. The lowest BCUT2D eigenvalue weighted by molar-refractivity contribution is 0.102. The molecule has 5 rings (SSSR count). The molecule has 0 bridgehead atoms. The summed E-state index contributed by atoms with van der Waals surface area (Å²) in [5.74, 6) is -0.708. The molecule has 6 heteroatoms. The van der Waals surface area contributed by atoms with Gasteiger partial charge < -0.3 is 5.32 Å². The van der Waals surface area contributed by atoms with Crippen molar-refractivity contribution >= 4 is 33.8 Å². The molecule has 0 aliphatic carbocycles. The second-order valence-corrected chi connectivity index (χ2v) is 9.00. The van der Waals surface area contributed by atoms with E-state index in [1.807, 2.05) is 49.4 Å². The second-order valence-electron chi connectivity index (χ2n) is 7.79. The Labute approximate surface area is 194 Å². The van der Waals surface area contributed by atoms with Crippen LogP contribution in [0.1, 0.15) is 20.9 Å². The predicted molar refractivity (Wildman–Crippen MR) is 132 cm³/mol. The van der Waals surface area contributed by atoms with Crippen molar-refractivity contribution in [2.75, 3.05) is 5.32 Å². The second kappa shape index (κ2) is 8.56. The van der Waals surface area contributed by atoms with Crippen molar-refractivity contribution in [1.29, 1.82) is 0 Å². The number of hydrogen-bond donors (Lipinski definition) is 1. The van der Waals surface area contributed by atoms with E-state index in [2.05, 4.69) is 29.4 Å². The smallest absolute Gasteiger partial charge is 0.256 e. The highest BCUT2D eigenvalue weighted by molar-refractivity contribution is 7.15. The minimum Gasteiger partial charge on any atom is -0.322 e. The molecule has 1 amide bonds. The molecule has 0 atom stereocenters. The maximum absolute atomic E-state index is 13.8. The zero-order chi connectivity index (χ0) is 22.9. The van der Waals surface area contributed by atoms with Crippen LogP contribution >= 0.6 is 11.3 Å². The van der Waals surface area contributed by atoms with Crippen molar-refractivity contribution in [1.82, 2.24) is 9.97 Å². The number of carbonyl (C=O) groups is 1. The van der Waals surface area contributed by atoms with Gasteiger partial charge in [0.15, 0.2) is 0 Å². The minimum absolute atomic E-state index is 0.306. The van der Waals surface area contributed by atoms with Gasteiger partial charge in [0.05, 0.1) is 16.8 Å². The third-order valence-corrected chi connectivity index (χ3v) is 6.40. The number of rotatable bonds is 4. The maximum Gasteiger partial charge on any atom is 0.256 e. The van der Waals surface area contributed by atoms with Gasteiger partial charge in [0.25, 0.3) is 5.91 Å². The Morgan fingerprint density at radius 2 is 1.64 bits per heavy atom. The van der Waals surface area contributed by atoms with E-state index in [9.17, 15) is 9.18 Å². The van der Waals surface area contributed by atoms with E-state index in [-0.39, 0.29) is 5.91 Å². The van der Waals surface area contributed by atoms with E-state index in [4.69, 9.17) is 4.98 Å². The van der Waals surface area contributed by atoms with E-state index in [0.29, 0.717) is 27.8 Å². The number of benzene rings is 3. The summed E-state index contributed by atoms with van der Waals surface area (Å²) >= 11 is 1.66. The third-order valence-electron chi connectivity index (χ3n) is 5.38. The van der Waals surface area contributed by atoms with Crippen molar-refractivity contribution in [3.8, 4) is 21.8 Å². The van der Waals surface area contributed by atoms with Crippen LogP contribution in [0.5, 0.6) is 0 Å². The van der Waals surface area contributed by atoms with Gasteiger partial charge >= 0.3 is 0 Å². The zero-order valence-corrected chi connectivity index (χ0v) is 18.9. The molecular weight excluding hydrogens is 433 g/mol. The molecule has 4 nitrogen and oxygen atoms in total. The molecule has 2 heterocycles. The zero-order valence-electron chi connectivity index (χ0n) is 18.1. The fourth-order valence-electron chi connectivity index (χ4n) is 3.80. The molecule has 0 saturated heterocycles. The highest BCUT2D eigenvalue weighted by Gasteiger charge is 2.15. The van der Waals surface area contributed by atoms with Gasteiger partial charge in [-0.2, -0.15) is 0 Å². The van der Waals surface area contributed by atoms with E-state index in [1.165, 1.54) is 12.1 Å². The van der Waals surface area contributed by atoms with Crippen LogP contribution in [0.15, 0.2) is 78.9 Å². The van der Waals surface area contributed by atoms with E-state index >= 15 is 0 Å². The summed E-state index contributed by atoms with van der Waals surface area (Å²) < 4.78 is 13.8. The number of aryl methyl sites for hydroxylation is 2. The number of halogens is 1. The molecule has 2 aromatic heterocycles. The monoisotopic (exact) mass is 453 g/mol. The van der Waals surface area contributed by atoms with Crippen molar-refractivity contribution in [3.05, 3.63) is 101 Å². The molecule has 0 radical (unpaired) electrons. The van der Waals surface area contributed by atoms with Gasteiger partial charge in [0.1, 0.15) is 10.8 Å². The highest BCUT2D eigenvalue weighted by atomic mass is 32.1. The van der Waals surface area contributed by atoms with Gasteiger partial charge in [-0.25, -0.2) is 9.37 Å². The molecule has 162 valence electrons. The van der Waals surface area contributed by atoms with E-state index in [0.717, 1.165) is 26.7 Å². The first-order valence-electron chi connectivity index (χ1n) is 10.5. The molecule has 0 fully saturated rings. The molecule has 0 aliphatic rings. The van der Waals surface area contributed by atoms with Gasteiger partial charge in [0.2, 0.25) is 0 Å². The average Bonchev–Trinajstić information content (AvgIpc) is 3.21. The fraction of sp³-hybridized carbons (Fsp3) is 0.0741. The molecule has 0 aliphatic heterocycles. The molecule has 33 heavy (non-hydrogen) atoms. The summed E-state index contributed by atoms with van der Waals surface area (Å²) in [5.41, 5.74) is 5.34. The molecule has 1 N–H and O–H groups in total. The average molecular weight is 454 g/mol. The maximum atomic E-state index is 13.8. The summed E-state index contributed by atoms with van der Waals surface area (Å²) in [4.78, 5) is 23.3. The standard InChI is InChI=1S/C27H20FN3OS/c1-16-14-23(22-15-20(28)10-13-24(22)29-16)26(32)30-21-11-8-18(9-12-21)25-17(2)33-27(31-25)19-6-4-3-5-7-19/h3-15H,1-2H3,(H,30,32). The first-order chi connectivity index (χ1) is 16.0. The number of hydrogen-bond acceptors (Lipinski definition) is 4. The van der Waals surface area contributed by atoms with Gasteiger partial charge in [-0.1, -0.05) is 42.5 Å². The van der Waals surface area contributed by atoms with Crippen molar-refractivity contribution in [3.63, 3.8) is 0 Å². The van der Waals surface area contributed by atoms with Gasteiger partial charge in [-0.3, -0.25) is 9.78 Å². The SMILES string of the molecule is Cc1cc(C(=O)Nc2ccc(-c3nc(-c4ccccc4)sc3C)cc2)c2cc(F)ccc2n1. The summed E-state index contributed by atoms with van der Waals surface area (Å²) in [6.07, 6.45) is 0. The van der Waals surface area contributed by atoms with Crippen LogP contribution in [0, 0.1) is 19.7 Å². The number of carbonyl (C=O) groups excluding carboxylic acids is 1. The molecule has 0 unspecified atom stereocenters. The number of aromatic nitrogens is 2. The Balaban J connectivity index is 1.40. The summed E-state index contributed by atoms with van der Waals surface area (Å²) in [6, 6.07) is 23.7. The number of amides is 1. The quantitative estimate of drug-likeness (QED) is 0.318. The lowest BCUT2D eigenvalue weighted by atomic mass is 10.1. The number of anilines is 1. The Hall–Kier alpha value is -3.90. The van der Waals surface area contributed by atoms with Crippen LogP contribution in [0.3, 0.4) is 0 Å². The van der Waals surface area contributed by atoms with Crippen LogP contribution in [0.25, 0.3) is 32.7 Å². The lowest BCUT2D eigenvalue weighted by Gasteiger charge is -2.10. The van der Waals surface area contributed by atoms with Crippen LogP contribution < -0.4 is 5.32 Å². The number of nitrogens with one attached hydrogen (secondary N) is 1. The first kappa shape index (κ1) is 21.0. The van der Waals surface area contributed by atoms with Crippen molar-refractivity contribution in [2.24, 2.45) is 0 Å². The Morgan fingerprint density at radius 1 is 0.879 bits per heavy atom. The van der Waals surface area contributed by atoms with Crippen LogP contribution in [0.4, 0.5) is 10.1 Å². The summed E-state index contributed by atoms with van der Waals surface area (Å²) in [7, 11) is 0. The number of pyridine rings is 1. The number of nitrogens with zero attached hydrogens (tertiary/aromatic N) is 2. The summed E-state index contributed by atoms with van der Waals surface area (Å²) in [5, 5.41) is 4.38. The van der Waals surface area contributed by atoms with Crippen molar-refractivity contribution in [2.45, 2.75) is 13.8 Å². The molecule has 5 aromatic rings. The van der Waals surface area contributed by atoms with Gasteiger partial charge in [0, 0.05) is 32.8 Å². The van der Waals surface area contributed by atoms with Gasteiger partial charge in [-0.15, -0.1) is 11.3 Å². The van der Waals surface area contributed by atoms with E-state index in [1.54, 1.807) is 23.5 Å². The molecule has 0 saturated carbocycles. The van der Waals surface area contributed by atoms with Crippen molar-refractivity contribution < 1.29 is 9.18 Å². The predicted octanol–water partition coefficient (Wildman–Crippen LogP) is 7.03. The Kier molecular flexibility index (Phi) is 5.44. The minimum atomic E-state index is -0.403. The number of thiazole rings is 1. The number of fused-ring (bicyclic) bond motifs is 1. The first-order valence-corrected chi connectivity index (χ1v) is 11.3. The fourth-order valence-corrected chi connectivity index (χ4v) is 4.74. The normalized spacial score (nSPS) is 11.0. The van der Waals surface area contributed by atoms with Crippen LogP contribution in [0.2, 0.25) is 0 Å². The highest BCUT2D eigenvalue weighted by Crippen LogP contribution is 2.33. The summed E-state index contributed by atoms with van der Waals surface area (Å²) in [6.45, 7) is 3.87. The Morgan fingerprint density at radius 3 is 2.39 bits per heavy atom. The lowest BCUT2D eigenvalue weighted by Crippen LogP contribution is -2.13. The van der Waals surface area contributed by atoms with Gasteiger partial charge in [-0.05, 0) is 50.2 Å². The topological polar surface area (TPSA) is 54.9 Å². The molecule has 0 spiro atoms. The van der Waals surface area contributed by atoms with E-state index < -0.39 is 5.82 Å². The molecule has 3 aromatic carbocycles. The Bertz CT molecular complexity index is 1480. The third kappa shape index (κ3) is 4.25. The van der Waals surface area contributed by atoms with Crippen LogP contribution in [-0.4, -0.2) is 15.9 Å². The van der Waals surface area contributed by atoms with Crippen LogP contribution in [-0.2, 0) is 0 Å². The molecular formula is C27H20FN3OS.